The van der Waals surface area contributed by atoms with Crippen LogP contribution in [0.3, 0.4) is 0 Å². The molecule has 162 valence electrons. The summed E-state index contributed by atoms with van der Waals surface area (Å²) in [6.07, 6.45) is 2.39. The molecule has 0 N–H and O–H groups in total. The van der Waals surface area contributed by atoms with E-state index < -0.39 is 0 Å². The number of imide groups is 1. The van der Waals surface area contributed by atoms with Crippen molar-refractivity contribution < 1.29 is 14.3 Å². The van der Waals surface area contributed by atoms with Gasteiger partial charge in [0, 0.05) is 36.7 Å². The zero-order chi connectivity index (χ0) is 21.4. The quantitative estimate of drug-likeness (QED) is 0.684. The lowest BCUT2D eigenvalue weighted by atomic mass is 9.99. The number of rotatable bonds is 4. The third kappa shape index (κ3) is 3.77. The van der Waals surface area contributed by atoms with Crippen molar-refractivity contribution in [2.24, 2.45) is 5.92 Å². The molecule has 0 aliphatic carbocycles. The topological polar surface area (TPSA) is 53.1 Å². The van der Waals surface area contributed by atoms with E-state index in [0.29, 0.717) is 43.3 Å². The Labute approximate surface area is 186 Å². The Morgan fingerprint density at radius 1 is 0.871 bits per heavy atom. The minimum Gasteiger partial charge on any atom is -0.378 e. The van der Waals surface area contributed by atoms with Crippen LogP contribution >= 0.6 is 11.3 Å². The highest BCUT2D eigenvalue weighted by atomic mass is 32.1. The van der Waals surface area contributed by atoms with Crippen molar-refractivity contribution in [2.75, 3.05) is 49.2 Å². The molecule has 2 amide bonds. The van der Waals surface area contributed by atoms with Gasteiger partial charge in [0.05, 0.1) is 24.5 Å². The summed E-state index contributed by atoms with van der Waals surface area (Å²) in [6, 6.07) is 11.7. The van der Waals surface area contributed by atoms with E-state index in [1.165, 1.54) is 29.1 Å². The molecule has 2 aromatic rings. The SMILES string of the molecule is CC1CCN(c2ccc(N3C(=O)C(c4cccs4)=C(N4CCOCC4)C3=O)cc2)CC1. The van der Waals surface area contributed by atoms with E-state index in [1.54, 1.807) is 0 Å². The van der Waals surface area contributed by atoms with Crippen LogP contribution in [0.15, 0.2) is 47.5 Å². The summed E-state index contributed by atoms with van der Waals surface area (Å²) in [5, 5.41) is 1.94. The van der Waals surface area contributed by atoms with Crippen molar-refractivity contribution in [1.29, 1.82) is 0 Å². The van der Waals surface area contributed by atoms with Crippen molar-refractivity contribution in [2.45, 2.75) is 19.8 Å². The second-order valence-corrected chi connectivity index (χ2v) is 9.38. The van der Waals surface area contributed by atoms with Crippen molar-refractivity contribution >= 4 is 40.1 Å². The molecular formula is C24H27N3O3S. The molecule has 0 spiro atoms. The van der Waals surface area contributed by atoms with Crippen LogP contribution in [0.5, 0.6) is 0 Å². The first-order chi connectivity index (χ1) is 15.1. The molecule has 0 saturated carbocycles. The molecule has 0 radical (unpaired) electrons. The molecule has 1 aromatic heterocycles. The number of benzene rings is 1. The maximum Gasteiger partial charge on any atom is 0.282 e. The number of carbonyl (C=O) groups is 2. The molecule has 0 atom stereocenters. The predicted molar refractivity (Wildman–Crippen MR) is 123 cm³/mol. The summed E-state index contributed by atoms with van der Waals surface area (Å²) in [6.45, 7) is 6.75. The Bertz CT molecular complexity index is 986. The molecule has 0 unspecified atom stereocenters. The largest absolute Gasteiger partial charge is 0.378 e. The summed E-state index contributed by atoms with van der Waals surface area (Å²) < 4.78 is 5.46. The zero-order valence-corrected chi connectivity index (χ0v) is 18.6. The number of ether oxygens (including phenoxy) is 1. The van der Waals surface area contributed by atoms with E-state index in [-0.39, 0.29) is 11.8 Å². The molecule has 0 bridgehead atoms. The predicted octanol–water partition coefficient (Wildman–Crippen LogP) is 3.60. The standard InChI is InChI=1S/C24H27N3O3S/c1-17-8-10-25(11-9-17)18-4-6-19(7-5-18)27-23(28)21(20-3-2-16-31-20)22(24(27)29)26-12-14-30-15-13-26/h2-7,16-17H,8-15H2,1H3. The van der Waals surface area contributed by atoms with E-state index in [4.69, 9.17) is 4.74 Å². The number of hydrogen-bond donors (Lipinski definition) is 0. The van der Waals surface area contributed by atoms with Crippen molar-refractivity contribution in [1.82, 2.24) is 4.90 Å². The normalized spacial score (nSPS) is 20.9. The fourth-order valence-corrected chi connectivity index (χ4v) is 5.32. The summed E-state index contributed by atoms with van der Waals surface area (Å²) in [5.74, 6) is 0.291. The summed E-state index contributed by atoms with van der Waals surface area (Å²) in [7, 11) is 0. The van der Waals surface area contributed by atoms with Crippen molar-refractivity contribution in [3.8, 4) is 0 Å². The lowest BCUT2D eigenvalue weighted by molar-refractivity contribution is -0.121. The average Bonchev–Trinajstić information content (AvgIpc) is 3.41. The van der Waals surface area contributed by atoms with Gasteiger partial charge < -0.3 is 14.5 Å². The van der Waals surface area contributed by atoms with E-state index in [9.17, 15) is 9.59 Å². The lowest BCUT2D eigenvalue weighted by Gasteiger charge is -2.32. The van der Waals surface area contributed by atoms with Gasteiger partial charge in [-0.1, -0.05) is 13.0 Å². The zero-order valence-electron chi connectivity index (χ0n) is 17.8. The van der Waals surface area contributed by atoms with Crippen LogP contribution < -0.4 is 9.80 Å². The summed E-state index contributed by atoms with van der Waals surface area (Å²) >= 11 is 1.49. The maximum absolute atomic E-state index is 13.5. The molecule has 31 heavy (non-hydrogen) atoms. The highest BCUT2D eigenvalue weighted by Gasteiger charge is 2.43. The third-order valence-electron chi connectivity index (χ3n) is 6.41. The lowest BCUT2D eigenvalue weighted by Crippen LogP contribution is -2.40. The Kier molecular flexibility index (Phi) is 5.54. The highest BCUT2D eigenvalue weighted by Crippen LogP contribution is 2.37. The number of amides is 2. The third-order valence-corrected chi connectivity index (χ3v) is 7.30. The molecular weight excluding hydrogens is 410 g/mol. The molecule has 4 heterocycles. The van der Waals surface area contributed by atoms with Gasteiger partial charge in [0.25, 0.3) is 11.8 Å². The van der Waals surface area contributed by atoms with E-state index in [2.05, 4.69) is 11.8 Å². The molecule has 6 nitrogen and oxygen atoms in total. The van der Waals surface area contributed by atoms with Gasteiger partial charge in [-0.25, -0.2) is 4.90 Å². The van der Waals surface area contributed by atoms with Gasteiger partial charge in [-0.15, -0.1) is 11.3 Å². The van der Waals surface area contributed by atoms with Gasteiger partial charge >= 0.3 is 0 Å². The van der Waals surface area contributed by atoms with Gasteiger partial charge in [-0.2, -0.15) is 0 Å². The molecule has 2 fully saturated rings. The second-order valence-electron chi connectivity index (χ2n) is 8.43. The van der Waals surface area contributed by atoms with Crippen LogP contribution in [0.4, 0.5) is 11.4 Å². The van der Waals surface area contributed by atoms with Gasteiger partial charge in [0.15, 0.2) is 0 Å². The fraction of sp³-hybridized carbons (Fsp3) is 0.417. The van der Waals surface area contributed by atoms with Crippen LogP contribution in [0, 0.1) is 5.92 Å². The van der Waals surface area contributed by atoms with E-state index >= 15 is 0 Å². The highest BCUT2D eigenvalue weighted by molar-refractivity contribution is 7.11. The second kappa shape index (κ2) is 8.48. The Morgan fingerprint density at radius 3 is 2.19 bits per heavy atom. The van der Waals surface area contributed by atoms with Crippen molar-refractivity contribution in [3.05, 3.63) is 52.4 Å². The average molecular weight is 438 g/mol. The number of carbonyl (C=O) groups excluding carboxylic acids is 2. The van der Waals surface area contributed by atoms with E-state index in [0.717, 1.165) is 29.6 Å². The number of morpholine rings is 1. The Hall–Kier alpha value is -2.64. The van der Waals surface area contributed by atoms with E-state index in [1.807, 2.05) is 46.7 Å². The van der Waals surface area contributed by atoms with Crippen molar-refractivity contribution in [3.63, 3.8) is 0 Å². The smallest absolute Gasteiger partial charge is 0.282 e. The first-order valence-electron chi connectivity index (χ1n) is 11.0. The minimum absolute atomic E-state index is 0.241. The van der Waals surface area contributed by atoms with Gasteiger partial charge in [-0.3, -0.25) is 9.59 Å². The van der Waals surface area contributed by atoms with Crippen LogP contribution in [0.1, 0.15) is 24.6 Å². The molecule has 2 saturated heterocycles. The Balaban J connectivity index is 1.44. The van der Waals surface area contributed by atoms with Gasteiger partial charge in [0.1, 0.15) is 5.70 Å². The summed E-state index contributed by atoms with van der Waals surface area (Å²) in [5.41, 5.74) is 2.79. The molecule has 3 aliphatic heterocycles. The number of thiophene rings is 1. The van der Waals surface area contributed by atoms with Gasteiger partial charge in [-0.05, 0) is 54.5 Å². The van der Waals surface area contributed by atoms with Crippen LogP contribution in [-0.4, -0.2) is 56.1 Å². The number of piperidine rings is 1. The summed E-state index contributed by atoms with van der Waals surface area (Å²) in [4.78, 5) is 33.5. The maximum atomic E-state index is 13.5. The van der Waals surface area contributed by atoms with Crippen LogP contribution in [0.2, 0.25) is 0 Å². The first kappa shape index (κ1) is 20.3. The monoisotopic (exact) mass is 437 g/mol. The Morgan fingerprint density at radius 2 is 1.55 bits per heavy atom. The first-order valence-corrected chi connectivity index (χ1v) is 11.9. The minimum atomic E-state index is -0.242. The van der Waals surface area contributed by atoms with Gasteiger partial charge in [0.2, 0.25) is 0 Å². The van der Waals surface area contributed by atoms with Crippen LogP contribution in [-0.2, 0) is 14.3 Å². The molecule has 3 aliphatic rings. The van der Waals surface area contributed by atoms with Crippen LogP contribution in [0.25, 0.3) is 5.57 Å². The number of anilines is 2. The molecule has 7 heteroatoms. The molecule has 5 rings (SSSR count). The number of hydrogen-bond acceptors (Lipinski definition) is 6. The number of nitrogens with zero attached hydrogens (tertiary/aromatic N) is 3. The molecule has 1 aromatic carbocycles. The fourth-order valence-electron chi connectivity index (χ4n) is 4.56.